The van der Waals surface area contributed by atoms with E-state index in [2.05, 4.69) is 15.3 Å². The van der Waals surface area contributed by atoms with Crippen molar-refractivity contribution in [2.45, 2.75) is 37.6 Å². The number of amides is 1. The first-order valence-corrected chi connectivity index (χ1v) is 11.1. The van der Waals surface area contributed by atoms with Crippen molar-refractivity contribution in [3.63, 3.8) is 0 Å². The molecule has 5 nitrogen and oxygen atoms in total. The van der Waals surface area contributed by atoms with E-state index in [0.717, 1.165) is 31.2 Å². The van der Waals surface area contributed by atoms with Crippen molar-refractivity contribution in [3.05, 3.63) is 75.3 Å². The zero-order valence-corrected chi connectivity index (χ0v) is 18.8. The molecule has 2 heterocycles. The first-order valence-electron chi connectivity index (χ1n) is 10.0. The van der Waals surface area contributed by atoms with Crippen LogP contribution in [0.4, 0.5) is 14.5 Å². The van der Waals surface area contributed by atoms with Gasteiger partial charge in [-0.2, -0.15) is 0 Å². The van der Waals surface area contributed by atoms with E-state index in [1.807, 2.05) is 28.7 Å². The Hall–Kier alpha value is -2.46. The third-order valence-corrected chi connectivity index (χ3v) is 6.13. The van der Waals surface area contributed by atoms with Gasteiger partial charge < -0.3 is 11.1 Å². The van der Waals surface area contributed by atoms with Gasteiger partial charge in [-0.25, -0.2) is 13.8 Å². The van der Waals surface area contributed by atoms with Gasteiger partial charge in [0.25, 0.3) is 5.91 Å². The highest BCUT2D eigenvalue weighted by molar-refractivity contribution is 14.1. The number of hydrogen-bond donors (Lipinski definition) is 2. The Morgan fingerprint density at radius 1 is 1.16 bits per heavy atom. The number of benzene rings is 1. The standard InChI is InChI=1S/C23H21F2IN4O/c24-17-10-14(26)11-18(25)22(17)19-5-2-6-20(29-19)23(31)30-21-12-28-8-7-16(21)13-3-1-4-15(27)9-13/h2,5-8,10-13,15H,1,3-4,9,27H2,(H,30,31)/t13-,15+/m1/s1. The molecule has 2 aromatic heterocycles. The lowest BCUT2D eigenvalue weighted by molar-refractivity contribution is 0.102. The minimum Gasteiger partial charge on any atom is -0.328 e. The second-order valence-electron chi connectivity index (χ2n) is 7.69. The van der Waals surface area contributed by atoms with Gasteiger partial charge in [-0.15, -0.1) is 0 Å². The number of halogens is 3. The van der Waals surface area contributed by atoms with Crippen molar-refractivity contribution in [2.75, 3.05) is 5.32 Å². The molecule has 0 aliphatic heterocycles. The smallest absolute Gasteiger partial charge is 0.274 e. The Kier molecular flexibility index (Phi) is 6.57. The van der Waals surface area contributed by atoms with Gasteiger partial charge in [0, 0.05) is 15.8 Å². The molecular formula is C23H21F2IN4O. The van der Waals surface area contributed by atoms with Crippen LogP contribution in [0.3, 0.4) is 0 Å². The Morgan fingerprint density at radius 2 is 1.94 bits per heavy atom. The van der Waals surface area contributed by atoms with E-state index in [1.165, 1.54) is 24.3 Å². The van der Waals surface area contributed by atoms with E-state index in [-0.39, 0.29) is 28.9 Å². The summed E-state index contributed by atoms with van der Waals surface area (Å²) in [7, 11) is 0. The predicted molar refractivity (Wildman–Crippen MR) is 124 cm³/mol. The number of carbonyl (C=O) groups excluding carboxylic acids is 1. The largest absolute Gasteiger partial charge is 0.328 e. The van der Waals surface area contributed by atoms with Crippen LogP contribution in [0.25, 0.3) is 11.3 Å². The number of carbonyl (C=O) groups is 1. The molecule has 0 saturated heterocycles. The SMILES string of the molecule is N[C@H]1CCC[C@@H](c2ccncc2NC(=O)c2cccc(-c3c(F)cc(I)cc3F)n2)C1. The fourth-order valence-corrected chi connectivity index (χ4v) is 4.60. The van der Waals surface area contributed by atoms with Gasteiger partial charge in [0.2, 0.25) is 0 Å². The fourth-order valence-electron chi connectivity index (χ4n) is 4.05. The average Bonchev–Trinajstić information content (AvgIpc) is 2.73. The molecule has 2 atom stereocenters. The van der Waals surface area contributed by atoms with Crippen LogP contribution in [0.5, 0.6) is 0 Å². The molecule has 1 saturated carbocycles. The number of hydrogen-bond acceptors (Lipinski definition) is 4. The molecule has 0 radical (unpaired) electrons. The van der Waals surface area contributed by atoms with Gasteiger partial charge in [0.1, 0.15) is 17.3 Å². The van der Waals surface area contributed by atoms with Gasteiger partial charge in [-0.3, -0.25) is 9.78 Å². The van der Waals surface area contributed by atoms with Gasteiger partial charge in [0.15, 0.2) is 0 Å². The highest BCUT2D eigenvalue weighted by Gasteiger charge is 2.24. The summed E-state index contributed by atoms with van der Waals surface area (Å²) in [5.74, 6) is -1.67. The molecule has 4 rings (SSSR count). The summed E-state index contributed by atoms with van der Waals surface area (Å²) in [6.45, 7) is 0. The minimum atomic E-state index is -0.724. The summed E-state index contributed by atoms with van der Waals surface area (Å²) in [4.78, 5) is 21.3. The van der Waals surface area contributed by atoms with E-state index in [9.17, 15) is 13.6 Å². The van der Waals surface area contributed by atoms with Crippen LogP contribution in [0.2, 0.25) is 0 Å². The number of rotatable bonds is 4. The zero-order chi connectivity index (χ0) is 22.0. The Morgan fingerprint density at radius 3 is 2.68 bits per heavy atom. The highest BCUT2D eigenvalue weighted by atomic mass is 127. The summed E-state index contributed by atoms with van der Waals surface area (Å²) in [6, 6.07) is 9.04. The summed E-state index contributed by atoms with van der Waals surface area (Å²) in [6.07, 6.45) is 7.21. The third-order valence-electron chi connectivity index (χ3n) is 5.50. The van der Waals surface area contributed by atoms with Crippen molar-refractivity contribution in [3.8, 4) is 11.3 Å². The Balaban J connectivity index is 1.61. The van der Waals surface area contributed by atoms with Crippen LogP contribution in [0.1, 0.15) is 47.7 Å². The molecule has 1 fully saturated rings. The number of pyridine rings is 2. The number of anilines is 1. The number of nitrogens with zero attached hydrogens (tertiary/aromatic N) is 2. The Labute approximate surface area is 192 Å². The van der Waals surface area contributed by atoms with E-state index in [0.29, 0.717) is 9.26 Å². The molecule has 0 unspecified atom stereocenters. The number of nitrogens with two attached hydrogens (primary N) is 1. The fraction of sp³-hybridized carbons (Fsp3) is 0.261. The number of nitrogens with one attached hydrogen (secondary N) is 1. The molecule has 1 aromatic carbocycles. The van der Waals surface area contributed by atoms with Crippen LogP contribution >= 0.6 is 22.6 Å². The second-order valence-corrected chi connectivity index (χ2v) is 8.94. The highest BCUT2D eigenvalue weighted by Crippen LogP contribution is 2.36. The van der Waals surface area contributed by atoms with Gasteiger partial charge >= 0.3 is 0 Å². The summed E-state index contributed by atoms with van der Waals surface area (Å²) >= 11 is 1.84. The average molecular weight is 534 g/mol. The number of aromatic nitrogens is 2. The molecule has 3 aromatic rings. The molecule has 1 aliphatic carbocycles. The van der Waals surface area contributed by atoms with Crippen molar-refractivity contribution in [1.82, 2.24) is 9.97 Å². The lowest BCUT2D eigenvalue weighted by atomic mass is 9.81. The Bertz CT molecular complexity index is 1100. The maximum absolute atomic E-state index is 14.4. The van der Waals surface area contributed by atoms with Crippen LogP contribution in [-0.4, -0.2) is 21.9 Å². The quantitative estimate of drug-likeness (QED) is 0.448. The third kappa shape index (κ3) is 4.90. The molecular weight excluding hydrogens is 513 g/mol. The van der Waals surface area contributed by atoms with Gasteiger partial charge in [-0.1, -0.05) is 12.5 Å². The second kappa shape index (κ2) is 9.35. The molecule has 1 amide bonds. The van der Waals surface area contributed by atoms with Crippen molar-refractivity contribution in [2.24, 2.45) is 5.73 Å². The molecule has 0 bridgehead atoms. The normalized spacial score (nSPS) is 18.6. The van der Waals surface area contributed by atoms with Crippen molar-refractivity contribution < 1.29 is 13.6 Å². The minimum absolute atomic E-state index is 0.0590. The van der Waals surface area contributed by atoms with E-state index in [1.54, 1.807) is 18.5 Å². The van der Waals surface area contributed by atoms with Gasteiger partial charge in [-0.05, 0) is 83.7 Å². The summed E-state index contributed by atoms with van der Waals surface area (Å²) in [5, 5.41) is 2.86. The monoisotopic (exact) mass is 534 g/mol. The molecule has 0 spiro atoms. The van der Waals surface area contributed by atoms with E-state index < -0.39 is 17.5 Å². The lowest BCUT2D eigenvalue weighted by Crippen LogP contribution is -2.27. The summed E-state index contributed by atoms with van der Waals surface area (Å²) in [5.41, 5.74) is 7.59. The van der Waals surface area contributed by atoms with Crippen molar-refractivity contribution >= 4 is 34.2 Å². The molecule has 160 valence electrons. The predicted octanol–water partition coefficient (Wildman–Crippen LogP) is 5.26. The van der Waals surface area contributed by atoms with Crippen LogP contribution < -0.4 is 11.1 Å². The summed E-state index contributed by atoms with van der Waals surface area (Å²) < 4.78 is 29.2. The zero-order valence-electron chi connectivity index (χ0n) is 16.6. The molecule has 31 heavy (non-hydrogen) atoms. The maximum atomic E-state index is 14.4. The topological polar surface area (TPSA) is 80.9 Å². The van der Waals surface area contributed by atoms with E-state index >= 15 is 0 Å². The maximum Gasteiger partial charge on any atom is 0.274 e. The van der Waals surface area contributed by atoms with Crippen LogP contribution in [-0.2, 0) is 0 Å². The van der Waals surface area contributed by atoms with Crippen LogP contribution in [0.15, 0.2) is 48.8 Å². The lowest BCUT2D eigenvalue weighted by Gasteiger charge is -2.28. The first kappa shape index (κ1) is 21.8. The molecule has 8 heteroatoms. The molecule has 1 aliphatic rings. The van der Waals surface area contributed by atoms with E-state index in [4.69, 9.17) is 5.73 Å². The van der Waals surface area contributed by atoms with Crippen molar-refractivity contribution in [1.29, 1.82) is 0 Å². The molecule has 3 N–H and O–H groups in total. The van der Waals surface area contributed by atoms with Gasteiger partial charge in [0.05, 0.1) is 23.1 Å². The first-order chi connectivity index (χ1) is 14.9. The van der Waals surface area contributed by atoms with Crippen LogP contribution in [0, 0.1) is 15.2 Å².